The molecule has 0 bridgehead atoms. The van der Waals surface area contributed by atoms with Crippen molar-refractivity contribution in [2.75, 3.05) is 26.3 Å². The summed E-state index contributed by atoms with van der Waals surface area (Å²) < 4.78 is 11.0. The van der Waals surface area contributed by atoms with Crippen molar-refractivity contribution in [3.05, 3.63) is 72.2 Å². The number of ether oxygens (including phenoxy) is 1. The van der Waals surface area contributed by atoms with Gasteiger partial charge in [0.25, 0.3) is 0 Å². The van der Waals surface area contributed by atoms with Crippen LogP contribution in [0.3, 0.4) is 0 Å². The van der Waals surface area contributed by atoms with E-state index in [2.05, 4.69) is 16.1 Å². The van der Waals surface area contributed by atoms with Gasteiger partial charge in [0.2, 0.25) is 0 Å². The van der Waals surface area contributed by atoms with Gasteiger partial charge in [0.05, 0.1) is 31.0 Å². The molecule has 0 saturated carbocycles. The summed E-state index contributed by atoms with van der Waals surface area (Å²) in [7, 11) is 0. The maximum absolute atomic E-state index is 5.54. The van der Waals surface area contributed by atoms with Crippen LogP contribution in [0.2, 0.25) is 0 Å². The molecule has 3 heterocycles. The molecule has 2 aromatic carbocycles. The van der Waals surface area contributed by atoms with E-state index in [1.807, 2.05) is 54.6 Å². The fourth-order valence-electron chi connectivity index (χ4n) is 3.49. The minimum atomic E-state index is 0.689. The fraction of sp³-hybridized carbons (Fsp3) is 0.261. The monoisotopic (exact) mass is 418 g/mol. The molecule has 0 radical (unpaired) electrons. The Labute approximate surface area is 179 Å². The van der Waals surface area contributed by atoms with Crippen LogP contribution in [0, 0.1) is 0 Å². The Morgan fingerprint density at radius 1 is 0.933 bits per heavy atom. The summed E-state index contributed by atoms with van der Waals surface area (Å²) in [6.07, 6.45) is 0. The van der Waals surface area contributed by atoms with Crippen molar-refractivity contribution in [3.8, 4) is 11.3 Å². The van der Waals surface area contributed by atoms with E-state index in [0.29, 0.717) is 5.75 Å². The molecule has 2 aromatic heterocycles. The fourth-order valence-corrected chi connectivity index (χ4v) is 4.41. The summed E-state index contributed by atoms with van der Waals surface area (Å²) in [4.78, 5) is 12.0. The topological polar surface area (TPSA) is 64.3 Å². The summed E-state index contributed by atoms with van der Waals surface area (Å²) in [5.74, 6) is 2.32. The lowest BCUT2D eigenvalue weighted by atomic mass is 10.2. The van der Waals surface area contributed by atoms with Crippen molar-refractivity contribution in [1.82, 2.24) is 20.0 Å². The van der Waals surface area contributed by atoms with Crippen molar-refractivity contribution in [2.45, 2.75) is 17.3 Å². The first-order valence-electron chi connectivity index (χ1n) is 10.0. The molecule has 0 amide bonds. The molecule has 5 rings (SSSR count). The molecule has 1 aliphatic rings. The number of hydrogen-bond donors (Lipinski definition) is 0. The molecule has 30 heavy (non-hydrogen) atoms. The molecular weight excluding hydrogens is 396 g/mol. The van der Waals surface area contributed by atoms with Gasteiger partial charge in [0.15, 0.2) is 5.76 Å². The van der Waals surface area contributed by atoms with Gasteiger partial charge in [0.1, 0.15) is 10.9 Å². The Hall–Kier alpha value is -2.74. The molecule has 0 unspecified atom stereocenters. The molecule has 0 atom stereocenters. The van der Waals surface area contributed by atoms with Gasteiger partial charge in [-0.05, 0) is 6.07 Å². The van der Waals surface area contributed by atoms with Crippen molar-refractivity contribution in [2.24, 2.45) is 0 Å². The maximum Gasteiger partial charge on any atom is 0.167 e. The largest absolute Gasteiger partial charge is 0.379 e. The Morgan fingerprint density at radius 2 is 1.73 bits per heavy atom. The quantitative estimate of drug-likeness (QED) is 0.339. The lowest BCUT2D eigenvalue weighted by Gasteiger charge is -2.25. The molecule has 1 aliphatic heterocycles. The predicted octanol–water partition coefficient (Wildman–Crippen LogP) is 4.41. The Balaban J connectivity index is 1.36. The first-order valence-corrected chi connectivity index (χ1v) is 11.0. The highest BCUT2D eigenvalue weighted by atomic mass is 32.2. The number of nitrogens with zero attached hydrogens (tertiary/aromatic N) is 4. The second-order valence-corrected chi connectivity index (χ2v) is 8.15. The Kier molecular flexibility index (Phi) is 5.74. The van der Waals surface area contributed by atoms with E-state index in [-0.39, 0.29) is 0 Å². The van der Waals surface area contributed by atoms with Gasteiger partial charge >= 0.3 is 0 Å². The van der Waals surface area contributed by atoms with Crippen LogP contribution in [0.15, 0.2) is 70.2 Å². The number of fused-ring (bicyclic) bond motifs is 1. The SMILES string of the molecule is c1ccc(-c2cc(CSc3nc(CN4CCOCC4)nc4ccccc34)no2)cc1. The third-order valence-corrected chi connectivity index (χ3v) is 6.08. The van der Waals surface area contributed by atoms with Crippen LogP contribution in [0.4, 0.5) is 0 Å². The predicted molar refractivity (Wildman–Crippen MR) is 117 cm³/mol. The number of thioether (sulfide) groups is 1. The van der Waals surface area contributed by atoms with Crippen molar-refractivity contribution < 1.29 is 9.26 Å². The van der Waals surface area contributed by atoms with Gasteiger partial charge in [-0.25, -0.2) is 9.97 Å². The zero-order valence-corrected chi connectivity index (χ0v) is 17.3. The van der Waals surface area contributed by atoms with Crippen LogP contribution < -0.4 is 0 Å². The van der Waals surface area contributed by atoms with Crippen molar-refractivity contribution >= 4 is 22.7 Å². The maximum atomic E-state index is 5.54. The van der Waals surface area contributed by atoms with Crippen LogP contribution in [-0.2, 0) is 17.0 Å². The molecule has 7 heteroatoms. The van der Waals surface area contributed by atoms with Gasteiger partial charge in [-0.15, -0.1) is 0 Å². The van der Waals surface area contributed by atoms with Gasteiger partial charge in [-0.3, -0.25) is 4.90 Å². The highest BCUT2D eigenvalue weighted by molar-refractivity contribution is 7.98. The number of aromatic nitrogens is 3. The highest BCUT2D eigenvalue weighted by Crippen LogP contribution is 2.29. The van der Waals surface area contributed by atoms with Crippen LogP contribution in [-0.4, -0.2) is 46.3 Å². The molecule has 0 N–H and O–H groups in total. The highest BCUT2D eigenvalue weighted by Gasteiger charge is 2.15. The van der Waals surface area contributed by atoms with E-state index < -0.39 is 0 Å². The lowest BCUT2D eigenvalue weighted by Crippen LogP contribution is -2.36. The van der Waals surface area contributed by atoms with E-state index in [0.717, 1.165) is 71.6 Å². The first kappa shape index (κ1) is 19.2. The number of rotatable bonds is 6. The molecule has 6 nitrogen and oxygen atoms in total. The van der Waals surface area contributed by atoms with E-state index in [9.17, 15) is 0 Å². The second kappa shape index (κ2) is 8.95. The van der Waals surface area contributed by atoms with E-state index >= 15 is 0 Å². The molecular formula is C23H22N4O2S. The summed E-state index contributed by atoms with van der Waals surface area (Å²) in [5, 5.41) is 6.29. The first-order chi connectivity index (χ1) is 14.8. The summed E-state index contributed by atoms with van der Waals surface area (Å²) >= 11 is 1.67. The minimum Gasteiger partial charge on any atom is -0.379 e. The van der Waals surface area contributed by atoms with Crippen LogP contribution >= 0.6 is 11.8 Å². The zero-order chi connectivity index (χ0) is 20.2. The third-order valence-electron chi connectivity index (χ3n) is 5.06. The van der Waals surface area contributed by atoms with Gasteiger partial charge < -0.3 is 9.26 Å². The van der Waals surface area contributed by atoms with Crippen LogP contribution in [0.25, 0.3) is 22.2 Å². The normalized spacial score (nSPS) is 14.9. The van der Waals surface area contributed by atoms with Crippen molar-refractivity contribution in [3.63, 3.8) is 0 Å². The summed E-state index contributed by atoms with van der Waals surface area (Å²) in [5.41, 5.74) is 2.90. The average molecular weight is 419 g/mol. The van der Waals surface area contributed by atoms with Crippen molar-refractivity contribution in [1.29, 1.82) is 0 Å². The molecule has 152 valence electrons. The number of para-hydroxylation sites is 1. The molecule has 1 fully saturated rings. The summed E-state index contributed by atoms with van der Waals surface area (Å²) in [6, 6.07) is 20.2. The van der Waals surface area contributed by atoms with Gasteiger partial charge in [-0.2, -0.15) is 0 Å². The van der Waals surface area contributed by atoms with Gasteiger partial charge in [-0.1, -0.05) is 65.4 Å². The molecule has 1 saturated heterocycles. The summed E-state index contributed by atoms with van der Waals surface area (Å²) in [6.45, 7) is 4.11. The lowest BCUT2D eigenvalue weighted by molar-refractivity contribution is 0.0330. The minimum absolute atomic E-state index is 0.689. The Morgan fingerprint density at radius 3 is 2.60 bits per heavy atom. The number of hydrogen-bond acceptors (Lipinski definition) is 7. The number of morpholine rings is 1. The molecule has 0 spiro atoms. The smallest absolute Gasteiger partial charge is 0.167 e. The third kappa shape index (κ3) is 4.38. The molecule has 4 aromatic rings. The molecule has 0 aliphatic carbocycles. The Bertz CT molecular complexity index is 1130. The van der Waals surface area contributed by atoms with E-state index in [1.165, 1.54) is 0 Å². The van der Waals surface area contributed by atoms with E-state index in [1.54, 1.807) is 11.8 Å². The standard InChI is InChI=1S/C23H22N4O2S/c1-2-6-17(7-3-1)21-14-18(26-29-21)16-30-23-19-8-4-5-9-20(19)24-22(25-23)15-27-10-12-28-13-11-27/h1-9,14H,10-13,15-16H2. The average Bonchev–Trinajstić information content (AvgIpc) is 3.28. The van der Waals surface area contributed by atoms with Crippen LogP contribution in [0.1, 0.15) is 11.5 Å². The second-order valence-electron chi connectivity index (χ2n) is 7.19. The van der Waals surface area contributed by atoms with Gasteiger partial charge in [0, 0.05) is 35.9 Å². The van der Waals surface area contributed by atoms with Crippen LogP contribution in [0.5, 0.6) is 0 Å². The number of benzene rings is 2. The zero-order valence-electron chi connectivity index (χ0n) is 16.5. The van der Waals surface area contributed by atoms with E-state index in [4.69, 9.17) is 19.2 Å².